The summed E-state index contributed by atoms with van der Waals surface area (Å²) in [4.78, 5) is 48.9. The van der Waals surface area contributed by atoms with E-state index >= 15 is 0 Å². The van der Waals surface area contributed by atoms with E-state index in [9.17, 15) is 34.5 Å². The summed E-state index contributed by atoms with van der Waals surface area (Å²) in [5.74, 6) is -3.52. The van der Waals surface area contributed by atoms with Crippen LogP contribution in [0.1, 0.15) is 68.2 Å². The highest BCUT2D eigenvalue weighted by atomic mass is 16.6. The lowest BCUT2D eigenvalue weighted by atomic mass is 9.60. The van der Waals surface area contributed by atoms with E-state index in [0.29, 0.717) is 11.1 Å². The van der Waals surface area contributed by atoms with Gasteiger partial charge in [0.2, 0.25) is 0 Å². The molecular formula is C28H40O11. The lowest BCUT2D eigenvalue weighted by Gasteiger charge is -2.48. The summed E-state index contributed by atoms with van der Waals surface area (Å²) in [6.07, 6.45) is -4.60. The fourth-order valence-electron chi connectivity index (χ4n) is 5.52. The zero-order valence-corrected chi connectivity index (χ0v) is 23.8. The Morgan fingerprint density at radius 2 is 1.41 bits per heavy atom. The van der Waals surface area contributed by atoms with E-state index in [1.165, 1.54) is 33.8 Å². The van der Waals surface area contributed by atoms with Crippen LogP contribution in [-0.4, -0.2) is 76.3 Å². The first-order valence-corrected chi connectivity index (χ1v) is 12.8. The zero-order chi connectivity index (χ0) is 29.8. The van der Waals surface area contributed by atoms with Gasteiger partial charge in [-0.15, -0.1) is 0 Å². The number of ether oxygens (including phenoxy) is 4. The number of aliphatic hydroxyl groups excluding tert-OH is 3. The van der Waals surface area contributed by atoms with Crippen LogP contribution in [0.4, 0.5) is 0 Å². The van der Waals surface area contributed by atoms with Gasteiger partial charge in [-0.3, -0.25) is 19.2 Å². The molecule has 0 radical (unpaired) electrons. The third-order valence-corrected chi connectivity index (χ3v) is 7.37. The standard InChI is InChI=1S/C28H40O11/c1-13-21(34)10-20-24(37-16(4)31)9-19(12-29)22(35)11-23(36-15(3)30)14(2)26(38-17(5)32)27(39-18(6)33)25(13)28(20,7)8/h9,20-24,27,29,34-35H,10-12H2,1-8H3/b19-9+,26-14+/t20-,21+,22-,23+,24+,27-/m1/s1. The van der Waals surface area contributed by atoms with Crippen LogP contribution < -0.4 is 0 Å². The van der Waals surface area contributed by atoms with Gasteiger partial charge in [0.05, 0.1) is 18.8 Å². The van der Waals surface area contributed by atoms with Crippen LogP contribution >= 0.6 is 0 Å². The summed E-state index contributed by atoms with van der Waals surface area (Å²) < 4.78 is 22.5. The topological polar surface area (TPSA) is 166 Å². The number of esters is 4. The maximum absolute atomic E-state index is 12.4. The van der Waals surface area contributed by atoms with Gasteiger partial charge >= 0.3 is 23.9 Å². The van der Waals surface area contributed by atoms with E-state index in [4.69, 9.17) is 18.9 Å². The first-order valence-electron chi connectivity index (χ1n) is 12.8. The summed E-state index contributed by atoms with van der Waals surface area (Å²) in [5.41, 5.74) is 0.209. The second-order valence-electron chi connectivity index (χ2n) is 10.6. The lowest BCUT2D eigenvalue weighted by molar-refractivity contribution is -0.153. The largest absolute Gasteiger partial charge is 0.458 e. The maximum Gasteiger partial charge on any atom is 0.307 e. The Morgan fingerprint density at radius 1 is 0.846 bits per heavy atom. The molecule has 11 heteroatoms. The molecule has 218 valence electrons. The van der Waals surface area contributed by atoms with Crippen LogP contribution in [0.25, 0.3) is 0 Å². The van der Waals surface area contributed by atoms with Crippen molar-refractivity contribution in [2.75, 3.05) is 6.61 Å². The second kappa shape index (κ2) is 12.9. The zero-order valence-electron chi connectivity index (χ0n) is 23.8. The summed E-state index contributed by atoms with van der Waals surface area (Å²) in [6, 6.07) is 0. The molecule has 2 rings (SSSR count). The number of fused-ring (bicyclic) bond motifs is 2. The monoisotopic (exact) mass is 552 g/mol. The summed E-state index contributed by atoms with van der Waals surface area (Å²) in [6.45, 7) is 10.9. The first kappa shape index (κ1) is 32.2. The molecule has 2 aliphatic rings. The predicted molar refractivity (Wildman–Crippen MR) is 138 cm³/mol. The summed E-state index contributed by atoms with van der Waals surface area (Å²) in [5, 5.41) is 32.4. The summed E-state index contributed by atoms with van der Waals surface area (Å²) in [7, 11) is 0. The molecule has 39 heavy (non-hydrogen) atoms. The minimum atomic E-state index is -1.37. The fraction of sp³-hybridized carbons (Fsp3) is 0.643. The number of aliphatic hydroxyl groups is 3. The highest BCUT2D eigenvalue weighted by Gasteiger charge is 2.50. The molecule has 2 bridgehead atoms. The molecule has 3 N–H and O–H groups in total. The van der Waals surface area contributed by atoms with E-state index in [1.807, 2.05) is 13.8 Å². The Kier molecular flexibility index (Phi) is 10.6. The quantitative estimate of drug-likeness (QED) is 0.259. The van der Waals surface area contributed by atoms with Crippen LogP contribution in [0, 0.1) is 11.3 Å². The molecule has 0 aromatic heterocycles. The molecule has 2 aliphatic carbocycles. The Bertz CT molecular complexity index is 1080. The van der Waals surface area contributed by atoms with Crippen molar-refractivity contribution in [1.29, 1.82) is 0 Å². The molecule has 0 unspecified atom stereocenters. The van der Waals surface area contributed by atoms with Crippen LogP contribution in [0.5, 0.6) is 0 Å². The Hall–Kier alpha value is -3.02. The molecule has 0 saturated carbocycles. The van der Waals surface area contributed by atoms with Gasteiger partial charge in [-0.05, 0) is 48.5 Å². The molecule has 11 nitrogen and oxygen atoms in total. The SMILES string of the molecule is CC(=O)O/C1=C(\C)[C@@H](OC(C)=O)C[C@@H](O)/C(CO)=C/[C@H](OC(C)=O)[C@H]2C[C@H](O)C(C)=C([C@H]1OC(C)=O)C2(C)C. The molecule has 0 saturated heterocycles. The van der Waals surface area contributed by atoms with Gasteiger partial charge in [-0.25, -0.2) is 0 Å². The second-order valence-corrected chi connectivity index (χ2v) is 10.6. The molecular weight excluding hydrogens is 512 g/mol. The molecule has 6 atom stereocenters. The van der Waals surface area contributed by atoms with E-state index in [0.717, 1.165) is 6.92 Å². The van der Waals surface area contributed by atoms with Gasteiger partial charge in [0.25, 0.3) is 0 Å². The van der Waals surface area contributed by atoms with Gasteiger partial charge in [-0.2, -0.15) is 0 Å². The van der Waals surface area contributed by atoms with Crippen molar-refractivity contribution in [3.8, 4) is 0 Å². The predicted octanol–water partition coefficient (Wildman–Crippen LogP) is 2.03. The van der Waals surface area contributed by atoms with Crippen molar-refractivity contribution in [1.82, 2.24) is 0 Å². The van der Waals surface area contributed by atoms with Gasteiger partial charge < -0.3 is 34.3 Å². The van der Waals surface area contributed by atoms with Crippen molar-refractivity contribution in [3.05, 3.63) is 34.1 Å². The Morgan fingerprint density at radius 3 is 1.90 bits per heavy atom. The van der Waals surface area contributed by atoms with Crippen LogP contribution in [-0.2, 0) is 38.1 Å². The lowest BCUT2D eigenvalue weighted by Crippen LogP contribution is -2.48. The van der Waals surface area contributed by atoms with Crippen molar-refractivity contribution >= 4 is 23.9 Å². The molecule has 0 heterocycles. The maximum atomic E-state index is 12.4. The van der Waals surface area contributed by atoms with Crippen LogP contribution in [0.2, 0.25) is 0 Å². The highest BCUT2D eigenvalue weighted by molar-refractivity contribution is 5.70. The molecule has 0 amide bonds. The minimum Gasteiger partial charge on any atom is -0.458 e. The first-order chi connectivity index (χ1) is 18.0. The van der Waals surface area contributed by atoms with E-state index in [1.54, 1.807) is 6.92 Å². The molecule has 0 fully saturated rings. The van der Waals surface area contributed by atoms with Gasteiger partial charge in [0.1, 0.15) is 12.2 Å². The van der Waals surface area contributed by atoms with Crippen LogP contribution in [0.15, 0.2) is 34.1 Å². The molecule has 0 aliphatic heterocycles. The third-order valence-electron chi connectivity index (χ3n) is 7.37. The minimum absolute atomic E-state index is 0.107. The van der Waals surface area contributed by atoms with Crippen molar-refractivity contribution in [2.45, 2.75) is 98.8 Å². The van der Waals surface area contributed by atoms with E-state index in [2.05, 4.69) is 0 Å². The highest BCUT2D eigenvalue weighted by Crippen LogP contribution is 2.51. The van der Waals surface area contributed by atoms with Crippen molar-refractivity contribution in [3.63, 3.8) is 0 Å². The van der Waals surface area contributed by atoms with Crippen molar-refractivity contribution in [2.24, 2.45) is 11.3 Å². The molecule has 0 spiro atoms. The van der Waals surface area contributed by atoms with Gasteiger partial charge in [-0.1, -0.05) is 13.8 Å². The number of hydrogen-bond acceptors (Lipinski definition) is 11. The van der Waals surface area contributed by atoms with Gasteiger partial charge in [0.15, 0.2) is 11.9 Å². The number of carbonyl (C=O) groups excluding carboxylic acids is 4. The average Bonchev–Trinajstić information content (AvgIpc) is 2.79. The smallest absolute Gasteiger partial charge is 0.307 e. The molecule has 0 aromatic rings. The number of rotatable bonds is 5. The summed E-state index contributed by atoms with van der Waals surface area (Å²) >= 11 is 0. The van der Waals surface area contributed by atoms with Gasteiger partial charge in [0, 0.05) is 45.6 Å². The number of hydrogen-bond donors (Lipinski definition) is 3. The Balaban J connectivity index is 3.05. The third kappa shape index (κ3) is 7.55. The number of carbonyl (C=O) groups is 4. The van der Waals surface area contributed by atoms with Crippen LogP contribution in [0.3, 0.4) is 0 Å². The average molecular weight is 553 g/mol. The normalized spacial score (nSPS) is 32.5. The Labute approximate surface area is 228 Å². The van der Waals surface area contributed by atoms with E-state index in [-0.39, 0.29) is 29.7 Å². The molecule has 0 aromatic carbocycles. The fourth-order valence-corrected chi connectivity index (χ4v) is 5.52. The van der Waals surface area contributed by atoms with E-state index < -0.39 is 72.3 Å². The van der Waals surface area contributed by atoms with Crippen molar-refractivity contribution < 1.29 is 53.4 Å².